The third-order valence-corrected chi connectivity index (χ3v) is 7.86. The van der Waals surface area contributed by atoms with Gasteiger partial charge in [-0.3, -0.25) is 9.78 Å². The Kier molecular flexibility index (Phi) is 7.64. The van der Waals surface area contributed by atoms with Crippen LogP contribution in [-0.2, 0) is 10.7 Å². The van der Waals surface area contributed by atoms with Crippen molar-refractivity contribution in [2.75, 3.05) is 7.11 Å². The van der Waals surface area contributed by atoms with Crippen molar-refractivity contribution in [2.45, 2.75) is 63.7 Å². The fourth-order valence-electron chi connectivity index (χ4n) is 5.60. The van der Waals surface area contributed by atoms with Gasteiger partial charge in [-0.1, -0.05) is 30.3 Å². The fourth-order valence-corrected chi connectivity index (χ4v) is 5.60. The molecular weight excluding hydrogens is 500 g/mol. The standard InChI is InChI=1S/C31H33F2N3O3/c1-31(32,33)23-14-15-25-27(16-23)36-30(35-25)24-18-34-26(17-28(24)39-2)22-12-10-21(11-13-22)20-8-6-19(7-9-20)4-3-5-29(37)38/h10-20H,3-9H2,1-2H3,(H,35,36)(H,37,38). The molecule has 0 radical (unpaired) electrons. The van der Waals surface area contributed by atoms with E-state index in [0.717, 1.165) is 56.7 Å². The van der Waals surface area contributed by atoms with Crippen LogP contribution >= 0.6 is 0 Å². The number of carbonyl (C=O) groups is 1. The number of hydrogen-bond donors (Lipinski definition) is 2. The van der Waals surface area contributed by atoms with Crippen LogP contribution in [0.4, 0.5) is 8.78 Å². The quantitative estimate of drug-likeness (QED) is 0.228. The zero-order chi connectivity index (χ0) is 27.6. The molecule has 8 heteroatoms. The fraction of sp³-hybridized carbons (Fsp3) is 0.387. The van der Waals surface area contributed by atoms with Gasteiger partial charge in [-0.15, -0.1) is 0 Å². The van der Waals surface area contributed by atoms with E-state index in [2.05, 4.69) is 39.2 Å². The first-order valence-electron chi connectivity index (χ1n) is 13.5. The lowest BCUT2D eigenvalue weighted by molar-refractivity contribution is -0.137. The molecule has 204 valence electrons. The van der Waals surface area contributed by atoms with E-state index in [1.165, 1.54) is 17.7 Å². The molecular formula is C31H33F2N3O3. The SMILES string of the molecule is COc1cc(-c2ccc(C3CCC(CCCC(=O)O)CC3)cc2)ncc1-c1nc2ccc(C(C)(F)F)cc2[nH]1. The van der Waals surface area contributed by atoms with Gasteiger partial charge in [-0.05, 0) is 68.1 Å². The molecule has 2 aromatic heterocycles. The number of benzene rings is 2. The van der Waals surface area contributed by atoms with Crippen molar-refractivity contribution < 1.29 is 23.4 Å². The lowest BCUT2D eigenvalue weighted by Gasteiger charge is -2.28. The molecule has 0 aliphatic heterocycles. The number of alkyl halides is 2. The molecule has 1 fully saturated rings. The minimum Gasteiger partial charge on any atom is -0.496 e. The van der Waals surface area contributed by atoms with Gasteiger partial charge in [0.1, 0.15) is 11.6 Å². The second-order valence-corrected chi connectivity index (χ2v) is 10.6. The first kappa shape index (κ1) is 26.8. The number of aromatic amines is 1. The number of aliphatic carboxylic acids is 1. The van der Waals surface area contributed by atoms with Crippen LogP contribution in [-0.4, -0.2) is 33.1 Å². The van der Waals surface area contributed by atoms with Gasteiger partial charge < -0.3 is 14.8 Å². The van der Waals surface area contributed by atoms with E-state index in [1.807, 2.05) is 6.07 Å². The van der Waals surface area contributed by atoms with E-state index in [1.54, 1.807) is 19.4 Å². The van der Waals surface area contributed by atoms with Gasteiger partial charge in [-0.2, -0.15) is 0 Å². The van der Waals surface area contributed by atoms with E-state index in [0.29, 0.717) is 40.0 Å². The van der Waals surface area contributed by atoms with Gasteiger partial charge in [0, 0.05) is 36.7 Å². The molecule has 0 saturated heterocycles. The summed E-state index contributed by atoms with van der Waals surface area (Å²) in [5.41, 5.74) is 4.77. The average molecular weight is 534 g/mol. The summed E-state index contributed by atoms with van der Waals surface area (Å²) in [6.45, 7) is 0.877. The van der Waals surface area contributed by atoms with Gasteiger partial charge >= 0.3 is 5.97 Å². The van der Waals surface area contributed by atoms with Gasteiger partial charge in [0.25, 0.3) is 5.92 Å². The second-order valence-electron chi connectivity index (χ2n) is 10.6. The Morgan fingerprint density at radius 1 is 1.10 bits per heavy atom. The number of halogens is 2. The molecule has 0 atom stereocenters. The molecule has 4 aromatic rings. The van der Waals surface area contributed by atoms with Gasteiger partial charge in [0.15, 0.2) is 0 Å². The normalized spacial score (nSPS) is 17.8. The molecule has 2 N–H and O–H groups in total. The summed E-state index contributed by atoms with van der Waals surface area (Å²) in [6.07, 6.45) is 8.29. The van der Waals surface area contributed by atoms with E-state index in [9.17, 15) is 13.6 Å². The lowest BCUT2D eigenvalue weighted by Crippen LogP contribution is -2.13. The summed E-state index contributed by atoms with van der Waals surface area (Å²) in [5.74, 6) is -1.38. The Morgan fingerprint density at radius 2 is 1.85 bits per heavy atom. The third kappa shape index (κ3) is 6.10. The second kappa shape index (κ2) is 11.1. The highest BCUT2D eigenvalue weighted by atomic mass is 19.3. The number of carboxylic acid groups (broad SMARTS) is 1. The molecule has 1 saturated carbocycles. The molecule has 2 aromatic carbocycles. The van der Waals surface area contributed by atoms with Crippen molar-refractivity contribution in [3.63, 3.8) is 0 Å². The van der Waals surface area contributed by atoms with Crippen LogP contribution in [0.3, 0.4) is 0 Å². The number of rotatable bonds is 9. The van der Waals surface area contributed by atoms with Crippen LogP contribution in [0.2, 0.25) is 0 Å². The molecule has 0 amide bonds. The van der Waals surface area contributed by atoms with E-state index in [-0.39, 0.29) is 12.0 Å². The predicted molar refractivity (Wildman–Crippen MR) is 147 cm³/mol. The molecule has 1 aliphatic carbocycles. The third-order valence-electron chi connectivity index (χ3n) is 7.86. The molecule has 1 aliphatic rings. The molecule has 6 nitrogen and oxygen atoms in total. The number of nitrogens with one attached hydrogen (secondary N) is 1. The van der Waals surface area contributed by atoms with E-state index < -0.39 is 11.9 Å². The molecule has 39 heavy (non-hydrogen) atoms. The van der Waals surface area contributed by atoms with Crippen molar-refractivity contribution in [3.05, 3.63) is 65.9 Å². The summed E-state index contributed by atoms with van der Waals surface area (Å²) in [4.78, 5) is 23.1. The molecule has 2 heterocycles. The molecule has 0 bridgehead atoms. The highest BCUT2D eigenvalue weighted by Gasteiger charge is 2.25. The van der Waals surface area contributed by atoms with Crippen molar-refractivity contribution in [2.24, 2.45) is 5.92 Å². The monoisotopic (exact) mass is 533 g/mol. The van der Waals surface area contributed by atoms with E-state index in [4.69, 9.17) is 9.84 Å². The minimum atomic E-state index is -2.93. The molecule has 0 unspecified atom stereocenters. The summed E-state index contributed by atoms with van der Waals surface area (Å²) in [6, 6.07) is 14.8. The number of methoxy groups -OCH3 is 1. The number of fused-ring (bicyclic) bond motifs is 1. The number of aromatic nitrogens is 3. The van der Waals surface area contributed by atoms with Crippen LogP contribution in [0.15, 0.2) is 54.7 Å². The van der Waals surface area contributed by atoms with Gasteiger partial charge in [0.2, 0.25) is 0 Å². The van der Waals surface area contributed by atoms with Crippen LogP contribution < -0.4 is 4.74 Å². The number of hydrogen-bond acceptors (Lipinski definition) is 4. The number of ether oxygens (including phenoxy) is 1. The largest absolute Gasteiger partial charge is 0.496 e. The number of H-pyrrole nitrogens is 1. The van der Waals surface area contributed by atoms with Crippen molar-refractivity contribution in [1.29, 1.82) is 0 Å². The maximum atomic E-state index is 13.8. The maximum absolute atomic E-state index is 13.8. The Balaban J connectivity index is 1.29. The molecule has 0 spiro atoms. The summed E-state index contributed by atoms with van der Waals surface area (Å²) < 4.78 is 33.2. The Bertz CT molecular complexity index is 1450. The Morgan fingerprint density at radius 3 is 2.51 bits per heavy atom. The molecule has 5 rings (SSSR count). The maximum Gasteiger partial charge on any atom is 0.303 e. The number of nitrogens with zero attached hydrogens (tertiary/aromatic N) is 2. The van der Waals surface area contributed by atoms with Gasteiger partial charge in [0.05, 0.1) is 29.4 Å². The zero-order valence-corrected chi connectivity index (χ0v) is 22.2. The highest BCUT2D eigenvalue weighted by molar-refractivity contribution is 5.82. The summed E-state index contributed by atoms with van der Waals surface area (Å²) >= 11 is 0. The van der Waals surface area contributed by atoms with Crippen molar-refractivity contribution in [1.82, 2.24) is 15.0 Å². The van der Waals surface area contributed by atoms with Crippen LogP contribution in [0.5, 0.6) is 5.75 Å². The topological polar surface area (TPSA) is 88.1 Å². The lowest BCUT2D eigenvalue weighted by atomic mass is 9.77. The Hall–Kier alpha value is -3.81. The van der Waals surface area contributed by atoms with Crippen LogP contribution in [0, 0.1) is 5.92 Å². The number of carboxylic acids is 1. The number of imidazole rings is 1. The zero-order valence-electron chi connectivity index (χ0n) is 22.2. The average Bonchev–Trinajstić information content (AvgIpc) is 3.36. The summed E-state index contributed by atoms with van der Waals surface area (Å²) in [5, 5.41) is 8.85. The van der Waals surface area contributed by atoms with Crippen LogP contribution in [0.25, 0.3) is 33.7 Å². The first-order chi connectivity index (χ1) is 18.7. The first-order valence-corrected chi connectivity index (χ1v) is 13.5. The van der Waals surface area contributed by atoms with E-state index >= 15 is 0 Å². The van der Waals surface area contributed by atoms with Crippen molar-refractivity contribution in [3.8, 4) is 28.4 Å². The van der Waals surface area contributed by atoms with Crippen molar-refractivity contribution >= 4 is 17.0 Å². The van der Waals surface area contributed by atoms with Crippen LogP contribution in [0.1, 0.15) is 68.9 Å². The summed E-state index contributed by atoms with van der Waals surface area (Å²) in [7, 11) is 1.59. The Labute approximate surface area is 226 Å². The van der Waals surface area contributed by atoms with Gasteiger partial charge in [-0.25, -0.2) is 13.8 Å². The minimum absolute atomic E-state index is 0.0714. The highest BCUT2D eigenvalue weighted by Crippen LogP contribution is 2.39. The number of pyridine rings is 1. The predicted octanol–water partition coefficient (Wildman–Crippen LogP) is 7.94. The smallest absolute Gasteiger partial charge is 0.303 e.